The number of amides is 2. The van der Waals surface area contributed by atoms with Crippen molar-refractivity contribution in [1.29, 1.82) is 0 Å². The van der Waals surface area contributed by atoms with Gasteiger partial charge in [-0.1, -0.05) is 24.6 Å². The number of hydrogen-bond donors (Lipinski definition) is 1. The van der Waals surface area contributed by atoms with E-state index >= 15 is 0 Å². The van der Waals surface area contributed by atoms with E-state index in [0.29, 0.717) is 30.9 Å². The van der Waals surface area contributed by atoms with Gasteiger partial charge in [-0.05, 0) is 57.3 Å². The lowest BCUT2D eigenvalue weighted by atomic mass is 9.82. The molecule has 0 aliphatic carbocycles. The number of para-hydroxylation sites is 1. The molecular formula is C28H32N4O6S. The number of likely N-dealkylation sites (N-methyl/N-ethyl adjacent to an activating group) is 2. The molecule has 0 bridgehead atoms. The Labute approximate surface area is 228 Å². The summed E-state index contributed by atoms with van der Waals surface area (Å²) < 4.78 is 27.7. The van der Waals surface area contributed by atoms with Gasteiger partial charge in [-0.2, -0.15) is 4.31 Å². The summed E-state index contributed by atoms with van der Waals surface area (Å²) in [6.45, 7) is 1.37. The van der Waals surface area contributed by atoms with Crippen LogP contribution in [0.2, 0.25) is 0 Å². The van der Waals surface area contributed by atoms with Gasteiger partial charge >= 0.3 is 0 Å². The highest BCUT2D eigenvalue weighted by molar-refractivity contribution is 7.89. The number of piperidine rings is 1. The average molecular weight is 553 g/mol. The Morgan fingerprint density at radius 1 is 0.974 bits per heavy atom. The normalized spacial score (nSPS) is 23.3. The number of likely N-dealkylation sites (tertiary alicyclic amines) is 1. The lowest BCUT2D eigenvalue weighted by Gasteiger charge is -2.34. The Hall–Kier alpha value is -3.54. The maximum Gasteiger partial charge on any atom is 0.296 e. The zero-order valence-corrected chi connectivity index (χ0v) is 23.1. The molecule has 3 aliphatic heterocycles. The third-order valence-corrected chi connectivity index (χ3v) is 9.70. The van der Waals surface area contributed by atoms with Gasteiger partial charge in [0.25, 0.3) is 17.6 Å². The van der Waals surface area contributed by atoms with Crippen molar-refractivity contribution in [1.82, 2.24) is 14.1 Å². The summed E-state index contributed by atoms with van der Waals surface area (Å²) in [6.07, 6.45) is 2.59. The summed E-state index contributed by atoms with van der Waals surface area (Å²) in [4.78, 5) is 45.5. The van der Waals surface area contributed by atoms with Crippen molar-refractivity contribution in [3.8, 4) is 0 Å². The van der Waals surface area contributed by atoms with Crippen LogP contribution in [0.5, 0.6) is 0 Å². The molecule has 10 nitrogen and oxygen atoms in total. The third kappa shape index (κ3) is 4.07. The molecule has 2 saturated heterocycles. The van der Waals surface area contributed by atoms with Crippen LogP contribution in [0.4, 0.5) is 5.69 Å². The molecule has 3 aliphatic rings. The van der Waals surface area contributed by atoms with E-state index in [1.807, 2.05) is 19.0 Å². The van der Waals surface area contributed by atoms with Crippen LogP contribution in [0.3, 0.4) is 0 Å². The van der Waals surface area contributed by atoms with Gasteiger partial charge in [-0.25, -0.2) is 8.42 Å². The zero-order chi connectivity index (χ0) is 28.1. The number of Topliss-reactive ketones (excluding diaryl/α,β-unsaturated/α-hetero) is 1. The van der Waals surface area contributed by atoms with Gasteiger partial charge < -0.3 is 19.8 Å². The molecule has 206 valence electrons. The number of fused-ring (bicyclic) bond motifs is 2. The van der Waals surface area contributed by atoms with E-state index in [9.17, 15) is 27.9 Å². The summed E-state index contributed by atoms with van der Waals surface area (Å²) in [7, 11) is 1.50. The van der Waals surface area contributed by atoms with Crippen LogP contribution in [0, 0.1) is 0 Å². The molecule has 1 atom stereocenters. The third-order valence-electron chi connectivity index (χ3n) is 7.79. The highest BCUT2D eigenvalue weighted by atomic mass is 32.2. The van der Waals surface area contributed by atoms with Gasteiger partial charge in [0, 0.05) is 50.0 Å². The first kappa shape index (κ1) is 27.0. The standard InChI is InChI=1S/C28H32N4O6S/c1-29(2)17-18-32-26(35)25(34)23(28(32)21-9-5-6-10-22(21)30(3)27(28)36)24(33)19-11-13-20(14-12-19)39(37,38)31-15-7-4-8-16-31/h5-6,9-14,33H,4,7-8,15-18H2,1-3H3/b24-23-. The minimum atomic E-state index is -3.70. The van der Waals surface area contributed by atoms with Crippen LogP contribution in [-0.2, 0) is 29.9 Å². The number of carbonyl (C=O) groups is 3. The van der Waals surface area contributed by atoms with E-state index in [4.69, 9.17) is 0 Å². The molecule has 0 radical (unpaired) electrons. The molecule has 1 unspecified atom stereocenters. The molecule has 5 rings (SSSR count). The molecule has 2 aromatic carbocycles. The van der Waals surface area contributed by atoms with Crippen LogP contribution < -0.4 is 4.90 Å². The molecule has 1 N–H and O–H groups in total. The zero-order valence-electron chi connectivity index (χ0n) is 22.3. The molecule has 0 aromatic heterocycles. The molecule has 0 saturated carbocycles. The van der Waals surface area contributed by atoms with Gasteiger partial charge in [0.15, 0.2) is 5.54 Å². The second kappa shape index (κ2) is 9.89. The number of aliphatic hydroxyl groups is 1. The van der Waals surface area contributed by atoms with E-state index in [1.165, 1.54) is 38.4 Å². The molecule has 11 heteroatoms. The molecule has 2 fully saturated rings. The number of aliphatic hydroxyl groups excluding tert-OH is 1. The van der Waals surface area contributed by atoms with Crippen molar-refractivity contribution in [2.75, 3.05) is 52.2 Å². The van der Waals surface area contributed by atoms with Crippen molar-refractivity contribution < 1.29 is 27.9 Å². The predicted molar refractivity (Wildman–Crippen MR) is 145 cm³/mol. The minimum Gasteiger partial charge on any atom is -0.507 e. The Bertz CT molecular complexity index is 1480. The number of nitrogens with zero attached hydrogens (tertiary/aromatic N) is 4. The first-order valence-corrected chi connectivity index (χ1v) is 14.4. The number of benzene rings is 2. The number of rotatable bonds is 6. The molecule has 1 spiro atoms. The van der Waals surface area contributed by atoms with Crippen LogP contribution in [0.25, 0.3) is 5.76 Å². The Morgan fingerprint density at radius 2 is 1.62 bits per heavy atom. The SMILES string of the molecule is CN(C)CCN1C(=O)C(=O)/C(=C(/O)c2ccc(S(=O)(=O)N3CCCCC3)cc2)C12C(=O)N(C)c1ccccc12. The van der Waals surface area contributed by atoms with E-state index < -0.39 is 38.9 Å². The maximum atomic E-state index is 14.0. The first-order chi connectivity index (χ1) is 18.5. The van der Waals surface area contributed by atoms with Crippen molar-refractivity contribution in [2.45, 2.75) is 29.7 Å². The maximum absolute atomic E-state index is 14.0. The van der Waals surface area contributed by atoms with Crippen LogP contribution >= 0.6 is 0 Å². The van der Waals surface area contributed by atoms with E-state index in [1.54, 1.807) is 31.3 Å². The second-order valence-corrected chi connectivity index (χ2v) is 12.3. The highest BCUT2D eigenvalue weighted by Gasteiger charge is 2.66. The highest BCUT2D eigenvalue weighted by Crippen LogP contribution is 2.53. The monoisotopic (exact) mass is 552 g/mol. The van der Waals surface area contributed by atoms with Gasteiger partial charge in [-0.15, -0.1) is 0 Å². The van der Waals surface area contributed by atoms with Gasteiger partial charge in [0.2, 0.25) is 10.0 Å². The summed E-state index contributed by atoms with van der Waals surface area (Å²) in [5, 5.41) is 11.5. The average Bonchev–Trinajstić information content (AvgIpc) is 3.30. The van der Waals surface area contributed by atoms with E-state index in [-0.39, 0.29) is 22.6 Å². The van der Waals surface area contributed by atoms with Gasteiger partial charge in [0.1, 0.15) is 5.76 Å². The quantitative estimate of drug-likeness (QED) is 0.331. The number of ketones is 1. The Balaban J connectivity index is 1.65. The van der Waals surface area contributed by atoms with Crippen LogP contribution in [-0.4, -0.2) is 92.5 Å². The van der Waals surface area contributed by atoms with Crippen molar-refractivity contribution >= 4 is 39.1 Å². The summed E-state index contributed by atoms with van der Waals surface area (Å²) >= 11 is 0. The number of carbonyl (C=O) groups excluding carboxylic acids is 3. The minimum absolute atomic E-state index is 0.0733. The topological polar surface area (TPSA) is 119 Å². The summed E-state index contributed by atoms with van der Waals surface area (Å²) in [6, 6.07) is 12.5. The fraction of sp³-hybridized carbons (Fsp3) is 0.393. The molecule has 39 heavy (non-hydrogen) atoms. The number of hydrogen-bond acceptors (Lipinski definition) is 7. The van der Waals surface area contributed by atoms with E-state index in [2.05, 4.69) is 0 Å². The molecule has 2 aromatic rings. The van der Waals surface area contributed by atoms with Gasteiger partial charge in [0.05, 0.1) is 10.5 Å². The number of anilines is 1. The smallest absolute Gasteiger partial charge is 0.296 e. The first-order valence-electron chi connectivity index (χ1n) is 13.0. The second-order valence-electron chi connectivity index (χ2n) is 10.4. The number of sulfonamides is 1. The fourth-order valence-electron chi connectivity index (χ4n) is 5.75. The predicted octanol–water partition coefficient (Wildman–Crippen LogP) is 1.98. The Kier molecular flexibility index (Phi) is 6.86. The van der Waals surface area contributed by atoms with Crippen LogP contribution in [0.1, 0.15) is 30.4 Å². The summed E-state index contributed by atoms with van der Waals surface area (Å²) in [5.41, 5.74) is -1.05. The van der Waals surface area contributed by atoms with Crippen molar-refractivity contribution in [3.05, 3.63) is 65.2 Å². The largest absolute Gasteiger partial charge is 0.507 e. The lowest BCUT2D eigenvalue weighted by molar-refractivity contribution is -0.143. The van der Waals surface area contributed by atoms with Crippen molar-refractivity contribution in [2.24, 2.45) is 0 Å². The van der Waals surface area contributed by atoms with Crippen LogP contribution in [0.15, 0.2) is 59.0 Å². The molecular weight excluding hydrogens is 520 g/mol. The van der Waals surface area contributed by atoms with E-state index in [0.717, 1.165) is 19.3 Å². The fourth-order valence-corrected chi connectivity index (χ4v) is 7.27. The van der Waals surface area contributed by atoms with Crippen molar-refractivity contribution in [3.63, 3.8) is 0 Å². The molecule has 2 amide bonds. The molecule has 3 heterocycles. The van der Waals surface area contributed by atoms with Gasteiger partial charge in [-0.3, -0.25) is 14.4 Å². The summed E-state index contributed by atoms with van der Waals surface area (Å²) in [5.74, 6) is -2.88. The Morgan fingerprint density at radius 3 is 2.26 bits per heavy atom. The lowest BCUT2D eigenvalue weighted by Crippen LogP contribution is -2.52.